The highest BCUT2D eigenvalue weighted by molar-refractivity contribution is 9.10. The molecule has 1 amide bonds. The number of amides is 1. The lowest BCUT2D eigenvalue weighted by Gasteiger charge is -2.14. The SMILES string of the molecule is CCc1cccc(CC)c1NC(=O)COC(=O)COc1ccc(F)cc1Br. The molecule has 2 aromatic rings. The van der Waals surface area contributed by atoms with Crippen LogP contribution < -0.4 is 10.1 Å². The van der Waals surface area contributed by atoms with Gasteiger partial charge in [-0.05, 0) is 58.1 Å². The van der Waals surface area contributed by atoms with Crippen molar-refractivity contribution in [3.05, 3.63) is 57.8 Å². The number of rotatable bonds is 8. The topological polar surface area (TPSA) is 64.6 Å². The third kappa shape index (κ3) is 6.06. The van der Waals surface area contributed by atoms with Crippen LogP contribution in [0.5, 0.6) is 5.75 Å². The van der Waals surface area contributed by atoms with Crippen LogP contribution in [0.3, 0.4) is 0 Å². The lowest BCUT2D eigenvalue weighted by Crippen LogP contribution is -2.24. The molecular weight excluding hydrogens is 417 g/mol. The van der Waals surface area contributed by atoms with Gasteiger partial charge in [-0.2, -0.15) is 0 Å². The van der Waals surface area contributed by atoms with E-state index in [1.54, 1.807) is 0 Å². The van der Waals surface area contributed by atoms with Crippen molar-refractivity contribution in [3.63, 3.8) is 0 Å². The minimum absolute atomic E-state index is 0.308. The van der Waals surface area contributed by atoms with Crippen LogP contribution in [0.2, 0.25) is 0 Å². The lowest BCUT2D eigenvalue weighted by molar-refractivity contribution is -0.149. The molecule has 144 valence electrons. The molecule has 0 atom stereocenters. The first-order valence-corrected chi connectivity index (χ1v) is 9.38. The third-order valence-corrected chi connectivity index (χ3v) is 4.49. The van der Waals surface area contributed by atoms with Crippen molar-refractivity contribution in [1.29, 1.82) is 0 Å². The smallest absolute Gasteiger partial charge is 0.344 e. The highest BCUT2D eigenvalue weighted by Gasteiger charge is 2.13. The van der Waals surface area contributed by atoms with Gasteiger partial charge in [0.1, 0.15) is 11.6 Å². The van der Waals surface area contributed by atoms with Gasteiger partial charge in [0.15, 0.2) is 13.2 Å². The molecule has 0 unspecified atom stereocenters. The zero-order valence-electron chi connectivity index (χ0n) is 15.2. The monoisotopic (exact) mass is 437 g/mol. The Balaban J connectivity index is 1.86. The molecule has 0 saturated heterocycles. The van der Waals surface area contributed by atoms with Crippen LogP contribution in [-0.4, -0.2) is 25.1 Å². The molecule has 2 rings (SSSR count). The summed E-state index contributed by atoms with van der Waals surface area (Å²) in [7, 11) is 0. The Morgan fingerprint density at radius 3 is 2.33 bits per heavy atom. The molecule has 0 aliphatic rings. The number of carbonyl (C=O) groups is 2. The van der Waals surface area contributed by atoms with E-state index < -0.39 is 24.3 Å². The molecule has 0 aliphatic carbocycles. The van der Waals surface area contributed by atoms with Gasteiger partial charge in [0.25, 0.3) is 5.91 Å². The van der Waals surface area contributed by atoms with Crippen LogP contribution >= 0.6 is 15.9 Å². The predicted molar refractivity (Wildman–Crippen MR) is 104 cm³/mol. The van der Waals surface area contributed by atoms with Crippen LogP contribution in [-0.2, 0) is 27.2 Å². The Kier molecular flexibility index (Phi) is 7.79. The Labute approximate surface area is 166 Å². The number of carbonyl (C=O) groups excluding carboxylic acids is 2. The molecule has 1 N–H and O–H groups in total. The number of benzene rings is 2. The summed E-state index contributed by atoms with van der Waals surface area (Å²) in [6.45, 7) is 3.22. The average Bonchev–Trinajstić information content (AvgIpc) is 2.65. The molecule has 2 aromatic carbocycles. The number of hydrogen-bond donors (Lipinski definition) is 1. The van der Waals surface area contributed by atoms with E-state index in [2.05, 4.69) is 21.2 Å². The van der Waals surface area contributed by atoms with E-state index in [4.69, 9.17) is 9.47 Å². The molecule has 27 heavy (non-hydrogen) atoms. The maximum Gasteiger partial charge on any atom is 0.344 e. The van der Waals surface area contributed by atoms with E-state index in [0.29, 0.717) is 10.2 Å². The molecule has 0 saturated carbocycles. The fourth-order valence-electron chi connectivity index (χ4n) is 2.50. The van der Waals surface area contributed by atoms with Crippen molar-refractivity contribution >= 4 is 33.5 Å². The number of hydrogen-bond acceptors (Lipinski definition) is 4. The van der Waals surface area contributed by atoms with Crippen LogP contribution in [0.4, 0.5) is 10.1 Å². The molecule has 0 spiro atoms. The summed E-state index contributed by atoms with van der Waals surface area (Å²) in [4.78, 5) is 23.9. The Bertz CT molecular complexity index is 803. The number of ether oxygens (including phenoxy) is 2. The van der Waals surface area contributed by atoms with Crippen LogP contribution in [0.1, 0.15) is 25.0 Å². The van der Waals surface area contributed by atoms with Crippen molar-refractivity contribution in [2.24, 2.45) is 0 Å². The number of nitrogens with one attached hydrogen (secondary N) is 1. The quantitative estimate of drug-likeness (QED) is 0.626. The van der Waals surface area contributed by atoms with Crippen molar-refractivity contribution in [3.8, 4) is 5.75 Å². The summed E-state index contributed by atoms with van der Waals surface area (Å²) in [6.07, 6.45) is 1.56. The van der Waals surface area contributed by atoms with Gasteiger partial charge in [0.05, 0.1) is 4.47 Å². The zero-order chi connectivity index (χ0) is 19.8. The molecule has 5 nitrogen and oxygen atoms in total. The van der Waals surface area contributed by atoms with E-state index in [1.807, 2.05) is 32.0 Å². The fraction of sp³-hybridized carbons (Fsp3) is 0.300. The second-order valence-corrected chi connectivity index (χ2v) is 6.58. The summed E-state index contributed by atoms with van der Waals surface area (Å²) >= 11 is 3.14. The summed E-state index contributed by atoms with van der Waals surface area (Å²) in [5, 5.41) is 2.82. The standard InChI is InChI=1S/C20H21BrFNO4/c1-3-13-6-5-7-14(4-2)20(13)23-18(24)11-27-19(25)12-26-17-9-8-15(22)10-16(17)21/h5-10H,3-4,11-12H2,1-2H3,(H,23,24). The number of aryl methyl sites for hydroxylation is 2. The Hall–Kier alpha value is -2.41. The Morgan fingerprint density at radius 2 is 1.74 bits per heavy atom. The van der Waals surface area contributed by atoms with Crippen LogP contribution in [0.25, 0.3) is 0 Å². The highest BCUT2D eigenvalue weighted by atomic mass is 79.9. The van der Waals surface area contributed by atoms with Gasteiger partial charge < -0.3 is 14.8 Å². The van der Waals surface area contributed by atoms with Gasteiger partial charge in [-0.15, -0.1) is 0 Å². The Morgan fingerprint density at radius 1 is 1.07 bits per heavy atom. The second kappa shape index (κ2) is 10.1. The molecule has 0 aromatic heterocycles. The van der Waals surface area contributed by atoms with Gasteiger partial charge in [-0.1, -0.05) is 32.0 Å². The highest BCUT2D eigenvalue weighted by Crippen LogP contribution is 2.25. The van der Waals surface area contributed by atoms with Gasteiger partial charge in [-0.3, -0.25) is 4.79 Å². The summed E-state index contributed by atoms with van der Waals surface area (Å²) in [5.74, 6) is -1.22. The van der Waals surface area contributed by atoms with Crippen molar-refractivity contribution in [2.45, 2.75) is 26.7 Å². The molecule has 0 fully saturated rings. The summed E-state index contributed by atoms with van der Waals surface area (Å²) in [5.41, 5.74) is 2.83. The number of para-hydroxylation sites is 1. The van der Waals surface area contributed by atoms with Gasteiger partial charge >= 0.3 is 5.97 Å². The predicted octanol–water partition coefficient (Wildman–Crippen LogP) is 4.27. The minimum Gasteiger partial charge on any atom is -0.481 e. The van der Waals surface area contributed by atoms with Gasteiger partial charge in [-0.25, -0.2) is 9.18 Å². The second-order valence-electron chi connectivity index (χ2n) is 5.73. The van der Waals surface area contributed by atoms with Crippen LogP contribution in [0.15, 0.2) is 40.9 Å². The van der Waals surface area contributed by atoms with E-state index in [1.165, 1.54) is 18.2 Å². The van der Waals surface area contributed by atoms with Crippen molar-refractivity contribution < 1.29 is 23.5 Å². The minimum atomic E-state index is -0.694. The van der Waals surface area contributed by atoms with E-state index in [9.17, 15) is 14.0 Å². The third-order valence-electron chi connectivity index (χ3n) is 3.87. The number of halogens is 2. The molecule has 0 bridgehead atoms. The van der Waals surface area contributed by atoms with Crippen molar-refractivity contribution in [2.75, 3.05) is 18.5 Å². The first kappa shape index (κ1) is 20.9. The lowest BCUT2D eigenvalue weighted by atomic mass is 10.0. The number of anilines is 1. The molecule has 7 heteroatoms. The van der Waals surface area contributed by atoms with E-state index in [0.717, 1.165) is 29.7 Å². The first-order chi connectivity index (χ1) is 12.9. The van der Waals surface area contributed by atoms with Gasteiger partial charge in [0, 0.05) is 5.69 Å². The largest absolute Gasteiger partial charge is 0.481 e. The van der Waals surface area contributed by atoms with Crippen LogP contribution in [0, 0.1) is 5.82 Å². The maximum absolute atomic E-state index is 13.0. The van der Waals surface area contributed by atoms with E-state index in [-0.39, 0.29) is 6.61 Å². The fourth-order valence-corrected chi connectivity index (χ4v) is 2.96. The summed E-state index contributed by atoms with van der Waals surface area (Å²) < 4.78 is 23.6. The molecule has 0 heterocycles. The zero-order valence-corrected chi connectivity index (χ0v) is 16.8. The normalized spacial score (nSPS) is 10.4. The molecular formula is C20H21BrFNO4. The molecule has 0 radical (unpaired) electrons. The average molecular weight is 438 g/mol. The number of esters is 1. The van der Waals surface area contributed by atoms with E-state index >= 15 is 0 Å². The summed E-state index contributed by atoms with van der Waals surface area (Å²) in [6, 6.07) is 9.70. The van der Waals surface area contributed by atoms with Crippen molar-refractivity contribution in [1.82, 2.24) is 0 Å². The first-order valence-electron chi connectivity index (χ1n) is 8.58. The maximum atomic E-state index is 13.0. The molecule has 0 aliphatic heterocycles. The van der Waals surface area contributed by atoms with Gasteiger partial charge in [0.2, 0.25) is 0 Å².